The van der Waals surface area contributed by atoms with Gasteiger partial charge in [-0.15, -0.1) is 0 Å². The van der Waals surface area contributed by atoms with E-state index in [1.807, 2.05) is 19.1 Å². The van der Waals surface area contributed by atoms with Crippen LogP contribution in [0.2, 0.25) is 0 Å². The number of hydrogen-bond acceptors (Lipinski definition) is 8. The number of rotatable bonds is 8. The first-order chi connectivity index (χ1) is 24.4. The van der Waals surface area contributed by atoms with Crippen LogP contribution in [0.4, 0.5) is 0 Å². The summed E-state index contributed by atoms with van der Waals surface area (Å²) in [6.45, 7) is 4.80. The van der Waals surface area contributed by atoms with Crippen LogP contribution in [0.15, 0.2) is 66.8 Å². The van der Waals surface area contributed by atoms with Crippen LogP contribution in [0.5, 0.6) is 0 Å². The van der Waals surface area contributed by atoms with Crippen LogP contribution in [0, 0.1) is 0 Å². The first-order valence-electron chi connectivity index (χ1n) is 17.4. The quantitative estimate of drug-likeness (QED) is 0.202. The molecule has 4 rings (SSSR count). The van der Waals surface area contributed by atoms with Crippen LogP contribution < -0.4 is 16.0 Å². The Kier molecular flexibility index (Phi) is 13.7. The van der Waals surface area contributed by atoms with Crippen molar-refractivity contribution in [3.63, 3.8) is 0 Å². The minimum Gasteiger partial charge on any atom is -0.461 e. The smallest absolute Gasteiger partial charge is 0.328 e. The number of carbonyl (C=O) groups is 7. The maximum atomic E-state index is 14.2. The van der Waals surface area contributed by atoms with Crippen LogP contribution in [0.3, 0.4) is 0 Å². The number of cyclic esters (lactones) is 1. The second-order valence-corrected chi connectivity index (χ2v) is 12.9. The van der Waals surface area contributed by atoms with Gasteiger partial charge in [-0.3, -0.25) is 28.8 Å². The molecule has 14 heteroatoms. The Morgan fingerprint density at radius 1 is 0.902 bits per heavy atom. The summed E-state index contributed by atoms with van der Waals surface area (Å²) in [4.78, 5) is 98.6. The maximum absolute atomic E-state index is 14.2. The predicted molar refractivity (Wildman–Crippen MR) is 187 cm³/mol. The SMILES string of the molecule is C/C=C/C=C/C=C/C(=O)N[C@@H](Cc1ccccc1)C(=O)N[C@@H]1COC(=O)[C@@H]2CCCN2C(=O)[C@H](C)NC(=O)[C@H](C)N(C)C(=O)[C@@H]2CCCN2C1=O. The van der Waals surface area contributed by atoms with Crippen LogP contribution in [-0.4, -0.2) is 119 Å². The molecule has 3 heterocycles. The number of allylic oxidation sites excluding steroid dienone is 5. The molecule has 1 aromatic rings. The molecule has 3 aliphatic rings. The van der Waals surface area contributed by atoms with Crippen molar-refractivity contribution in [3.8, 4) is 0 Å². The lowest BCUT2D eigenvalue weighted by Crippen LogP contribution is -2.60. The van der Waals surface area contributed by atoms with Crippen molar-refractivity contribution in [1.29, 1.82) is 0 Å². The van der Waals surface area contributed by atoms with Gasteiger partial charge in [0.2, 0.25) is 35.4 Å². The topological polar surface area (TPSA) is 175 Å². The fourth-order valence-electron chi connectivity index (χ4n) is 6.38. The van der Waals surface area contributed by atoms with Crippen molar-refractivity contribution in [2.75, 3.05) is 26.7 Å². The van der Waals surface area contributed by atoms with Gasteiger partial charge in [-0.05, 0) is 52.0 Å². The molecule has 3 N–H and O–H groups in total. The van der Waals surface area contributed by atoms with Gasteiger partial charge in [0, 0.05) is 32.6 Å². The van der Waals surface area contributed by atoms with Crippen LogP contribution in [-0.2, 0) is 44.7 Å². The molecular formula is C37H48N6O8. The molecule has 3 saturated heterocycles. The lowest BCUT2D eigenvalue weighted by atomic mass is 10.0. The number of carbonyl (C=O) groups excluding carboxylic acids is 7. The fraction of sp³-hybridized carbons (Fsp3) is 0.486. The Bertz CT molecular complexity index is 1560. The van der Waals surface area contributed by atoms with E-state index < -0.39 is 84.3 Å². The van der Waals surface area contributed by atoms with Gasteiger partial charge in [0.1, 0.15) is 42.9 Å². The van der Waals surface area contributed by atoms with E-state index in [4.69, 9.17) is 4.74 Å². The van der Waals surface area contributed by atoms with Crippen molar-refractivity contribution < 1.29 is 38.3 Å². The van der Waals surface area contributed by atoms with Crippen molar-refractivity contribution in [3.05, 3.63) is 72.4 Å². The molecule has 0 aliphatic carbocycles. The average molecular weight is 705 g/mol. The van der Waals surface area contributed by atoms with Crippen molar-refractivity contribution in [2.45, 2.75) is 89.1 Å². The van der Waals surface area contributed by atoms with E-state index in [2.05, 4.69) is 16.0 Å². The summed E-state index contributed by atoms with van der Waals surface area (Å²) in [5.41, 5.74) is 0.747. The molecule has 0 bridgehead atoms. The Morgan fingerprint density at radius 2 is 1.55 bits per heavy atom. The summed E-state index contributed by atoms with van der Waals surface area (Å²) in [6.07, 6.45) is 11.6. The van der Waals surface area contributed by atoms with Gasteiger partial charge in [0.15, 0.2) is 0 Å². The number of esters is 1. The van der Waals surface area contributed by atoms with Gasteiger partial charge in [0.05, 0.1) is 0 Å². The number of nitrogens with one attached hydrogen (secondary N) is 3. The Balaban J connectivity index is 1.64. The van der Waals surface area contributed by atoms with E-state index >= 15 is 0 Å². The molecule has 0 saturated carbocycles. The molecule has 6 amide bonds. The highest BCUT2D eigenvalue weighted by atomic mass is 16.5. The molecule has 0 unspecified atom stereocenters. The summed E-state index contributed by atoms with van der Waals surface area (Å²) in [7, 11) is 1.46. The van der Waals surface area contributed by atoms with E-state index in [0.717, 1.165) is 5.56 Å². The van der Waals surface area contributed by atoms with Gasteiger partial charge in [-0.2, -0.15) is 0 Å². The van der Waals surface area contributed by atoms with Gasteiger partial charge < -0.3 is 35.4 Å². The summed E-state index contributed by atoms with van der Waals surface area (Å²) < 4.78 is 5.63. The molecule has 0 spiro atoms. The second kappa shape index (κ2) is 18.1. The summed E-state index contributed by atoms with van der Waals surface area (Å²) in [6, 6.07) is 2.64. The third-order valence-electron chi connectivity index (χ3n) is 9.36. The van der Waals surface area contributed by atoms with Gasteiger partial charge in [-0.25, -0.2) is 4.79 Å². The number of fused-ring (bicyclic) bond motifs is 2. The number of amides is 6. The van der Waals surface area contributed by atoms with Crippen LogP contribution in [0.1, 0.15) is 52.0 Å². The number of likely N-dealkylation sites (N-methyl/N-ethyl adjacent to an activating group) is 1. The fourth-order valence-corrected chi connectivity index (χ4v) is 6.38. The summed E-state index contributed by atoms with van der Waals surface area (Å²) in [5, 5.41) is 8.05. The van der Waals surface area contributed by atoms with E-state index in [0.29, 0.717) is 25.7 Å². The summed E-state index contributed by atoms with van der Waals surface area (Å²) in [5.74, 6) is -4.19. The highest BCUT2D eigenvalue weighted by Gasteiger charge is 2.43. The Labute approximate surface area is 298 Å². The highest BCUT2D eigenvalue weighted by Crippen LogP contribution is 2.23. The van der Waals surface area contributed by atoms with Gasteiger partial charge in [-0.1, -0.05) is 60.7 Å². The Hall–Kier alpha value is -5.27. The maximum Gasteiger partial charge on any atom is 0.328 e. The van der Waals surface area contributed by atoms with Crippen molar-refractivity contribution in [2.24, 2.45) is 0 Å². The zero-order valence-corrected chi connectivity index (χ0v) is 29.6. The second-order valence-electron chi connectivity index (χ2n) is 12.9. The van der Waals surface area contributed by atoms with Crippen LogP contribution >= 0.6 is 0 Å². The predicted octanol–water partition coefficient (Wildman–Crippen LogP) is 0.778. The number of ether oxygens (including phenoxy) is 1. The number of benzene rings is 1. The molecule has 3 fully saturated rings. The minimum atomic E-state index is -1.42. The van der Waals surface area contributed by atoms with E-state index in [9.17, 15) is 33.6 Å². The zero-order chi connectivity index (χ0) is 37.1. The highest BCUT2D eigenvalue weighted by molar-refractivity contribution is 5.98. The first kappa shape index (κ1) is 38.5. The molecule has 0 aromatic heterocycles. The monoisotopic (exact) mass is 704 g/mol. The standard InChI is InChI=1S/C37H48N6O8/c1-5-6-7-8-12-19-31(44)39-27(22-26-15-10-9-11-16-26)33(46)40-28-23-51-37(50)30-18-14-21-43(30)34(47)24(2)38-32(45)25(3)41(4)36(49)29-17-13-20-42(29)35(28)48/h5-12,15-16,19,24-25,27-30H,13-14,17-18,20-23H2,1-4H3,(H,38,45)(H,39,44)(H,40,46)/b6-5+,8-7+,19-12+/t24-,25-,27-,28+,29-,30-/m0/s1. The lowest BCUT2D eigenvalue weighted by Gasteiger charge is -2.34. The zero-order valence-electron chi connectivity index (χ0n) is 29.6. The number of nitrogens with zero attached hydrogens (tertiary/aromatic N) is 3. The third kappa shape index (κ3) is 9.92. The third-order valence-corrected chi connectivity index (χ3v) is 9.36. The minimum absolute atomic E-state index is 0.0915. The molecule has 14 nitrogen and oxygen atoms in total. The van der Waals surface area contributed by atoms with E-state index in [-0.39, 0.29) is 19.5 Å². The van der Waals surface area contributed by atoms with E-state index in [1.54, 1.807) is 42.5 Å². The molecule has 1 aromatic carbocycles. The molecule has 6 atom stereocenters. The molecule has 3 aliphatic heterocycles. The lowest BCUT2D eigenvalue weighted by molar-refractivity contribution is -0.158. The van der Waals surface area contributed by atoms with Gasteiger partial charge in [0.25, 0.3) is 0 Å². The molecule has 274 valence electrons. The van der Waals surface area contributed by atoms with Crippen LogP contribution in [0.25, 0.3) is 0 Å². The molecule has 0 radical (unpaired) electrons. The van der Waals surface area contributed by atoms with E-state index in [1.165, 1.54) is 47.7 Å². The molecular weight excluding hydrogens is 656 g/mol. The van der Waals surface area contributed by atoms with Gasteiger partial charge >= 0.3 is 5.97 Å². The van der Waals surface area contributed by atoms with Crippen molar-refractivity contribution >= 4 is 41.4 Å². The average Bonchev–Trinajstić information content (AvgIpc) is 3.82. The first-order valence-corrected chi connectivity index (χ1v) is 17.4. The summed E-state index contributed by atoms with van der Waals surface area (Å²) >= 11 is 0. The number of hydrogen-bond donors (Lipinski definition) is 3. The Morgan fingerprint density at radius 3 is 2.24 bits per heavy atom. The molecule has 51 heavy (non-hydrogen) atoms. The van der Waals surface area contributed by atoms with Crippen molar-refractivity contribution in [1.82, 2.24) is 30.7 Å². The normalized spacial score (nSPS) is 26.0. The largest absolute Gasteiger partial charge is 0.461 e.